The second kappa shape index (κ2) is 6.98. The fourth-order valence-corrected chi connectivity index (χ4v) is 1.26. The molecule has 0 aromatic heterocycles. The standard InChI is InChI=1S/C12H14F4O4/c1-17-11(13,14)19-7-9-4-3-5-10(6-9)8-20-12(15,16)18-2/h3-6H,7-8H2,1-2H3. The van der Waals surface area contributed by atoms with Crippen LogP contribution in [0, 0.1) is 0 Å². The van der Waals surface area contributed by atoms with E-state index in [0.717, 1.165) is 14.2 Å². The molecule has 0 saturated heterocycles. The van der Waals surface area contributed by atoms with Crippen LogP contribution in [0.2, 0.25) is 0 Å². The summed E-state index contributed by atoms with van der Waals surface area (Å²) in [5, 5.41) is 0. The van der Waals surface area contributed by atoms with Gasteiger partial charge >= 0.3 is 12.6 Å². The van der Waals surface area contributed by atoms with E-state index in [9.17, 15) is 17.6 Å². The molecule has 8 heteroatoms. The van der Waals surface area contributed by atoms with Crippen LogP contribution >= 0.6 is 0 Å². The molecule has 0 heterocycles. The van der Waals surface area contributed by atoms with Gasteiger partial charge in [0.1, 0.15) is 0 Å². The van der Waals surface area contributed by atoms with Crippen LogP contribution in [0.25, 0.3) is 0 Å². The van der Waals surface area contributed by atoms with Gasteiger partial charge in [0.15, 0.2) is 0 Å². The molecule has 0 bridgehead atoms. The largest absolute Gasteiger partial charge is 0.485 e. The Morgan fingerprint density at radius 2 is 1.25 bits per heavy atom. The van der Waals surface area contributed by atoms with Crippen molar-refractivity contribution >= 4 is 0 Å². The average molecular weight is 298 g/mol. The molecule has 1 rings (SSSR count). The highest BCUT2D eigenvalue weighted by Gasteiger charge is 2.30. The molecule has 0 aliphatic heterocycles. The third-order valence-corrected chi connectivity index (χ3v) is 2.28. The Kier molecular flexibility index (Phi) is 5.88. The number of rotatable bonds is 8. The zero-order valence-corrected chi connectivity index (χ0v) is 10.9. The first-order valence-corrected chi connectivity index (χ1v) is 5.49. The Hall–Kier alpha value is -1.22. The molecule has 0 aliphatic carbocycles. The van der Waals surface area contributed by atoms with Gasteiger partial charge < -0.3 is 0 Å². The predicted octanol–water partition coefficient (Wildman–Crippen LogP) is 3.11. The molecule has 1 aromatic carbocycles. The summed E-state index contributed by atoms with van der Waals surface area (Å²) < 4.78 is 66.9. The molecule has 0 atom stereocenters. The van der Waals surface area contributed by atoms with E-state index >= 15 is 0 Å². The lowest BCUT2D eigenvalue weighted by molar-refractivity contribution is -0.387. The van der Waals surface area contributed by atoms with Gasteiger partial charge in [0.05, 0.1) is 13.2 Å². The number of benzene rings is 1. The molecular formula is C12H14F4O4. The lowest BCUT2D eigenvalue weighted by Gasteiger charge is -2.15. The highest BCUT2D eigenvalue weighted by molar-refractivity contribution is 5.22. The molecule has 0 amide bonds. The first-order valence-electron chi connectivity index (χ1n) is 5.49. The first-order chi connectivity index (χ1) is 9.28. The van der Waals surface area contributed by atoms with Crippen molar-refractivity contribution in [3.63, 3.8) is 0 Å². The second-order valence-corrected chi connectivity index (χ2v) is 3.73. The minimum Gasteiger partial charge on any atom is -0.299 e. The Labute approximate surface area is 113 Å². The number of methoxy groups -OCH3 is 2. The van der Waals surface area contributed by atoms with E-state index in [1.807, 2.05) is 0 Å². The van der Waals surface area contributed by atoms with E-state index in [-0.39, 0.29) is 0 Å². The van der Waals surface area contributed by atoms with Crippen molar-refractivity contribution in [1.29, 1.82) is 0 Å². The van der Waals surface area contributed by atoms with E-state index in [1.165, 1.54) is 24.3 Å². The molecule has 0 saturated carbocycles. The summed E-state index contributed by atoms with van der Waals surface area (Å²) in [6, 6.07) is 5.91. The molecule has 20 heavy (non-hydrogen) atoms. The van der Waals surface area contributed by atoms with Gasteiger partial charge in [-0.25, -0.2) is 0 Å². The fourth-order valence-electron chi connectivity index (χ4n) is 1.26. The van der Waals surface area contributed by atoms with Crippen molar-refractivity contribution in [3.05, 3.63) is 35.4 Å². The molecule has 0 fully saturated rings. The van der Waals surface area contributed by atoms with Crippen LogP contribution in [0.3, 0.4) is 0 Å². The van der Waals surface area contributed by atoms with Gasteiger partial charge in [-0.15, -0.1) is 17.6 Å². The summed E-state index contributed by atoms with van der Waals surface area (Å²) in [5.41, 5.74) is 0.729. The van der Waals surface area contributed by atoms with Gasteiger partial charge in [-0.1, -0.05) is 24.3 Å². The van der Waals surface area contributed by atoms with Crippen LogP contribution in [0.4, 0.5) is 17.6 Å². The Morgan fingerprint density at radius 3 is 1.60 bits per heavy atom. The van der Waals surface area contributed by atoms with Crippen LogP contribution in [0.5, 0.6) is 0 Å². The fraction of sp³-hybridized carbons (Fsp3) is 0.500. The molecule has 0 N–H and O–H groups in total. The summed E-state index contributed by atoms with van der Waals surface area (Å²) in [7, 11) is 1.61. The first kappa shape index (κ1) is 16.8. The molecule has 1 aromatic rings. The summed E-state index contributed by atoms with van der Waals surface area (Å²) in [4.78, 5) is 0. The molecule has 0 radical (unpaired) electrons. The van der Waals surface area contributed by atoms with Gasteiger partial charge in [-0.05, 0) is 11.1 Å². The number of halogens is 4. The average Bonchev–Trinajstić information content (AvgIpc) is 2.44. The SMILES string of the molecule is COC(F)(F)OCc1cccc(COC(F)(F)OC)c1. The minimum atomic E-state index is -3.70. The number of ether oxygens (including phenoxy) is 4. The summed E-state index contributed by atoms with van der Waals surface area (Å²) >= 11 is 0. The van der Waals surface area contributed by atoms with Crippen LogP contribution in [-0.2, 0) is 32.2 Å². The van der Waals surface area contributed by atoms with Gasteiger partial charge in [-0.3, -0.25) is 18.9 Å². The summed E-state index contributed by atoms with van der Waals surface area (Å²) in [6.07, 6.45) is -7.40. The molecule has 0 spiro atoms. The molecule has 114 valence electrons. The van der Waals surface area contributed by atoms with E-state index in [1.54, 1.807) is 0 Å². The lowest BCUT2D eigenvalue weighted by atomic mass is 10.1. The zero-order chi connectivity index (χ0) is 15.2. The van der Waals surface area contributed by atoms with E-state index in [2.05, 4.69) is 18.9 Å². The minimum absolute atomic E-state index is 0.364. The zero-order valence-electron chi connectivity index (χ0n) is 10.9. The Balaban J connectivity index is 2.58. The van der Waals surface area contributed by atoms with E-state index < -0.39 is 25.8 Å². The number of hydrogen-bond acceptors (Lipinski definition) is 4. The number of alkyl halides is 4. The van der Waals surface area contributed by atoms with Gasteiger partial charge in [0.2, 0.25) is 0 Å². The molecular weight excluding hydrogens is 284 g/mol. The van der Waals surface area contributed by atoms with E-state index in [4.69, 9.17) is 0 Å². The normalized spacial score (nSPS) is 12.7. The van der Waals surface area contributed by atoms with Crippen molar-refractivity contribution in [2.24, 2.45) is 0 Å². The third-order valence-electron chi connectivity index (χ3n) is 2.28. The van der Waals surface area contributed by atoms with Gasteiger partial charge in [0, 0.05) is 14.2 Å². The summed E-state index contributed by atoms with van der Waals surface area (Å²) in [5.74, 6) is 0. The molecule has 0 aliphatic rings. The van der Waals surface area contributed by atoms with Crippen LogP contribution in [0.1, 0.15) is 11.1 Å². The highest BCUT2D eigenvalue weighted by atomic mass is 19.3. The van der Waals surface area contributed by atoms with Crippen molar-refractivity contribution in [2.45, 2.75) is 25.8 Å². The topological polar surface area (TPSA) is 36.9 Å². The Bertz CT molecular complexity index is 390. The van der Waals surface area contributed by atoms with Crippen LogP contribution in [-0.4, -0.2) is 26.8 Å². The van der Waals surface area contributed by atoms with Gasteiger partial charge in [-0.2, -0.15) is 0 Å². The second-order valence-electron chi connectivity index (χ2n) is 3.73. The maximum absolute atomic E-state index is 12.7. The Morgan fingerprint density at radius 1 is 0.850 bits per heavy atom. The van der Waals surface area contributed by atoms with Crippen molar-refractivity contribution in [2.75, 3.05) is 14.2 Å². The third kappa shape index (κ3) is 5.83. The van der Waals surface area contributed by atoms with Crippen molar-refractivity contribution in [3.8, 4) is 0 Å². The maximum atomic E-state index is 12.7. The smallest absolute Gasteiger partial charge is 0.299 e. The summed E-state index contributed by atoms with van der Waals surface area (Å²) in [6.45, 7) is -0.870. The van der Waals surface area contributed by atoms with Crippen molar-refractivity contribution < 1.29 is 36.5 Å². The van der Waals surface area contributed by atoms with Crippen LogP contribution in [0.15, 0.2) is 24.3 Å². The van der Waals surface area contributed by atoms with Gasteiger partial charge in [0.25, 0.3) is 0 Å². The number of hydrogen-bond donors (Lipinski definition) is 0. The highest BCUT2D eigenvalue weighted by Crippen LogP contribution is 2.20. The molecule has 4 nitrogen and oxygen atoms in total. The van der Waals surface area contributed by atoms with Crippen LogP contribution < -0.4 is 0 Å². The maximum Gasteiger partial charge on any atom is 0.485 e. The lowest BCUT2D eigenvalue weighted by Crippen LogP contribution is -2.23. The molecule has 0 unspecified atom stereocenters. The predicted molar refractivity (Wildman–Crippen MR) is 59.9 cm³/mol. The van der Waals surface area contributed by atoms with Crippen molar-refractivity contribution in [1.82, 2.24) is 0 Å². The monoisotopic (exact) mass is 298 g/mol. The quantitative estimate of drug-likeness (QED) is 0.546. The van der Waals surface area contributed by atoms with E-state index in [0.29, 0.717) is 11.1 Å².